The third kappa shape index (κ3) is 78.2. The number of esters is 4. The predicted molar refractivity (Wildman–Crippen MR) is 428 cm³/mol. The summed E-state index contributed by atoms with van der Waals surface area (Å²) in [6.07, 6.45) is 68.1. The average Bonchev–Trinajstić information content (AvgIpc) is 0.965. The van der Waals surface area contributed by atoms with E-state index in [1.807, 2.05) is 0 Å². The fraction of sp³-hybridized carbons (Fsp3) is 0.953. The molecule has 0 fully saturated rings. The molecule has 0 saturated heterocycles. The van der Waals surface area contributed by atoms with Crippen molar-refractivity contribution in [1.29, 1.82) is 0 Å². The molecule has 104 heavy (non-hydrogen) atoms. The van der Waals surface area contributed by atoms with Crippen LogP contribution in [-0.4, -0.2) is 96.7 Å². The van der Waals surface area contributed by atoms with E-state index in [1.165, 1.54) is 270 Å². The Morgan fingerprint density at radius 2 is 0.442 bits per heavy atom. The Morgan fingerprint density at radius 1 is 0.260 bits per heavy atom. The van der Waals surface area contributed by atoms with E-state index in [0.717, 1.165) is 102 Å². The third-order valence-electron chi connectivity index (χ3n) is 20.0. The lowest BCUT2D eigenvalue weighted by molar-refractivity contribution is -0.161. The van der Waals surface area contributed by atoms with E-state index in [-0.39, 0.29) is 25.7 Å². The quantitative estimate of drug-likeness (QED) is 0.0222. The van der Waals surface area contributed by atoms with Gasteiger partial charge in [0.05, 0.1) is 26.4 Å². The molecule has 0 saturated carbocycles. The minimum absolute atomic E-state index is 0.107. The normalized spacial score (nSPS) is 13.8. The van der Waals surface area contributed by atoms with Crippen molar-refractivity contribution in [2.45, 2.75) is 471 Å². The van der Waals surface area contributed by atoms with Gasteiger partial charge >= 0.3 is 39.5 Å². The molecule has 0 aromatic rings. The van der Waals surface area contributed by atoms with Gasteiger partial charge in [0, 0.05) is 25.7 Å². The fourth-order valence-electron chi connectivity index (χ4n) is 13.2. The van der Waals surface area contributed by atoms with Crippen LogP contribution >= 0.6 is 15.6 Å². The Morgan fingerprint density at radius 3 is 0.654 bits per heavy atom. The lowest BCUT2D eigenvalue weighted by atomic mass is 10.0. The van der Waals surface area contributed by atoms with E-state index in [2.05, 4.69) is 41.5 Å². The number of phosphoric acid groups is 2. The van der Waals surface area contributed by atoms with Crippen LogP contribution in [0.3, 0.4) is 0 Å². The van der Waals surface area contributed by atoms with Gasteiger partial charge in [-0.15, -0.1) is 0 Å². The van der Waals surface area contributed by atoms with Crippen LogP contribution in [0.15, 0.2) is 0 Å². The SMILES string of the molecule is CCCCCCCCCCCCCCCCCCCCCC(=O)OC[C@H](COP(=O)(O)OC[C@@H](O)COP(=O)(O)OC[C@@H](COC(=O)CCCCCCCCCCC(C)C)OC(=O)CCCCCCCCCCCCCCC(C)C)OC(=O)CCCCCCCCCCCCCCCCCCCCC. The number of carbonyl (C=O) groups is 4. The van der Waals surface area contributed by atoms with Crippen molar-refractivity contribution in [2.24, 2.45) is 11.8 Å². The number of unbranched alkanes of at least 4 members (excludes halogenated alkanes) is 54. The number of phosphoric ester groups is 2. The summed E-state index contributed by atoms with van der Waals surface area (Å²) in [6.45, 7) is 9.64. The average molecular weight is 1520 g/mol. The zero-order chi connectivity index (χ0) is 76.4. The summed E-state index contributed by atoms with van der Waals surface area (Å²) in [5, 5.41) is 10.7. The molecule has 0 spiro atoms. The number of hydrogen-bond acceptors (Lipinski definition) is 15. The molecular weight excluding hydrogens is 1350 g/mol. The summed E-state index contributed by atoms with van der Waals surface area (Å²) in [5.41, 5.74) is 0. The zero-order valence-corrected chi connectivity index (χ0v) is 70.1. The van der Waals surface area contributed by atoms with E-state index >= 15 is 0 Å². The van der Waals surface area contributed by atoms with E-state index < -0.39 is 97.5 Å². The molecule has 618 valence electrons. The maximum absolute atomic E-state index is 13.1. The first-order chi connectivity index (χ1) is 50.4. The van der Waals surface area contributed by atoms with Crippen molar-refractivity contribution in [3.63, 3.8) is 0 Å². The number of hydrogen-bond donors (Lipinski definition) is 3. The summed E-state index contributed by atoms with van der Waals surface area (Å²) in [6, 6.07) is 0. The molecule has 2 unspecified atom stereocenters. The lowest BCUT2D eigenvalue weighted by Gasteiger charge is -2.21. The van der Waals surface area contributed by atoms with Crippen molar-refractivity contribution < 1.29 is 80.2 Å². The van der Waals surface area contributed by atoms with Gasteiger partial charge in [0.2, 0.25) is 0 Å². The van der Waals surface area contributed by atoms with Gasteiger partial charge in [-0.25, -0.2) is 9.13 Å². The molecule has 0 aliphatic rings. The molecule has 5 atom stereocenters. The van der Waals surface area contributed by atoms with Crippen LogP contribution in [0.1, 0.15) is 452 Å². The summed E-state index contributed by atoms with van der Waals surface area (Å²) in [4.78, 5) is 73.2. The highest BCUT2D eigenvalue weighted by Crippen LogP contribution is 2.45. The number of ether oxygens (including phenoxy) is 4. The summed E-state index contributed by atoms with van der Waals surface area (Å²) < 4.78 is 68.9. The Hall–Kier alpha value is -1.94. The Bertz CT molecular complexity index is 1990. The van der Waals surface area contributed by atoms with Crippen molar-refractivity contribution in [2.75, 3.05) is 39.6 Å². The number of aliphatic hydroxyl groups excluding tert-OH is 1. The highest BCUT2D eigenvalue weighted by Gasteiger charge is 2.30. The Labute approximate surface area is 638 Å². The summed E-state index contributed by atoms with van der Waals surface area (Å²) in [5.74, 6) is -0.601. The van der Waals surface area contributed by atoms with Crippen molar-refractivity contribution in [3.8, 4) is 0 Å². The van der Waals surface area contributed by atoms with Gasteiger partial charge in [0.15, 0.2) is 12.2 Å². The van der Waals surface area contributed by atoms with E-state index in [9.17, 15) is 43.2 Å². The van der Waals surface area contributed by atoms with Crippen LogP contribution in [0.2, 0.25) is 0 Å². The van der Waals surface area contributed by atoms with Crippen LogP contribution in [0, 0.1) is 11.8 Å². The molecule has 0 aromatic heterocycles. The summed E-state index contributed by atoms with van der Waals surface area (Å²) in [7, 11) is -9.93. The lowest BCUT2D eigenvalue weighted by Crippen LogP contribution is -2.30. The van der Waals surface area contributed by atoms with Gasteiger partial charge in [-0.3, -0.25) is 37.3 Å². The molecule has 3 N–H and O–H groups in total. The van der Waals surface area contributed by atoms with E-state index in [0.29, 0.717) is 25.7 Å². The van der Waals surface area contributed by atoms with Crippen molar-refractivity contribution >= 4 is 39.5 Å². The number of carbonyl (C=O) groups excluding carboxylic acids is 4. The zero-order valence-electron chi connectivity index (χ0n) is 68.3. The first-order valence-electron chi connectivity index (χ1n) is 44.0. The van der Waals surface area contributed by atoms with Crippen LogP contribution < -0.4 is 0 Å². The van der Waals surface area contributed by atoms with Crippen LogP contribution in [0.5, 0.6) is 0 Å². The topological polar surface area (TPSA) is 237 Å². The third-order valence-corrected chi connectivity index (χ3v) is 21.9. The highest BCUT2D eigenvalue weighted by molar-refractivity contribution is 7.47. The number of rotatable bonds is 84. The van der Waals surface area contributed by atoms with Gasteiger partial charge in [0.25, 0.3) is 0 Å². The Balaban J connectivity index is 5.24. The molecule has 17 nitrogen and oxygen atoms in total. The van der Waals surface area contributed by atoms with Gasteiger partial charge < -0.3 is 33.8 Å². The second-order valence-electron chi connectivity index (χ2n) is 31.5. The first-order valence-corrected chi connectivity index (χ1v) is 47.0. The largest absolute Gasteiger partial charge is 0.472 e. The molecule has 0 aliphatic heterocycles. The molecule has 0 heterocycles. The minimum Gasteiger partial charge on any atom is -0.462 e. The van der Waals surface area contributed by atoms with Crippen LogP contribution in [0.4, 0.5) is 0 Å². The standard InChI is InChI=1S/C85H166O17P2/c1-7-9-11-13-15-17-19-21-23-25-27-29-31-33-38-42-49-55-61-67-82(87)95-73-80(101-84(89)69-63-57-51-43-39-34-32-30-28-26-24-22-20-18-16-14-12-10-8-2)75-99-103(91,92)97-71-79(86)72-98-104(93,94)100-76-81(74-96-83(88)68-62-56-50-46-45-48-54-60-66-78(5)6)102-85(90)70-64-58-52-44-40-36-35-37-41-47-53-59-65-77(3)4/h77-81,86H,7-76H2,1-6H3,(H,91,92)(H,93,94)/t79-,80-,81-/m1/s1. The van der Waals surface area contributed by atoms with Crippen LogP contribution in [-0.2, 0) is 65.4 Å². The summed E-state index contributed by atoms with van der Waals surface area (Å²) >= 11 is 0. The van der Waals surface area contributed by atoms with Crippen LogP contribution in [0.25, 0.3) is 0 Å². The van der Waals surface area contributed by atoms with Gasteiger partial charge in [-0.1, -0.05) is 401 Å². The molecule has 19 heteroatoms. The predicted octanol–water partition coefficient (Wildman–Crippen LogP) is 25.8. The van der Waals surface area contributed by atoms with Gasteiger partial charge in [-0.2, -0.15) is 0 Å². The molecule has 0 rings (SSSR count). The van der Waals surface area contributed by atoms with Gasteiger partial charge in [-0.05, 0) is 37.5 Å². The highest BCUT2D eigenvalue weighted by atomic mass is 31.2. The maximum atomic E-state index is 13.1. The maximum Gasteiger partial charge on any atom is 0.472 e. The van der Waals surface area contributed by atoms with E-state index in [1.54, 1.807) is 0 Å². The fourth-order valence-corrected chi connectivity index (χ4v) is 14.8. The van der Waals surface area contributed by atoms with Gasteiger partial charge in [0.1, 0.15) is 19.3 Å². The van der Waals surface area contributed by atoms with E-state index in [4.69, 9.17) is 37.0 Å². The smallest absolute Gasteiger partial charge is 0.462 e. The number of aliphatic hydroxyl groups is 1. The molecule has 0 radical (unpaired) electrons. The minimum atomic E-state index is -4.97. The molecule has 0 amide bonds. The Kier molecular flexibility index (Phi) is 75.0. The van der Waals surface area contributed by atoms with Crippen molar-refractivity contribution in [3.05, 3.63) is 0 Å². The first kappa shape index (κ1) is 102. The second kappa shape index (κ2) is 76.4. The molecule has 0 aliphatic carbocycles. The van der Waals surface area contributed by atoms with Crippen molar-refractivity contribution in [1.82, 2.24) is 0 Å². The molecule has 0 bridgehead atoms. The molecular formula is C85H166O17P2. The second-order valence-corrected chi connectivity index (χ2v) is 34.4. The monoisotopic (exact) mass is 1520 g/mol. The molecule has 0 aromatic carbocycles.